The van der Waals surface area contributed by atoms with Crippen LogP contribution in [0.1, 0.15) is 32.6 Å². The fraction of sp³-hybridized carbons (Fsp3) is 0.909. The van der Waals surface area contributed by atoms with Crippen molar-refractivity contribution < 1.29 is 14.3 Å². The first-order chi connectivity index (χ1) is 7.27. The standard InChI is InChI=1S/C11H21NO3/c1-3-4-5-10(11(13)14-2)12-9-6-7-15-8-9/h9-10,12H,3-8H2,1-2H3. The molecule has 0 aliphatic carbocycles. The molecule has 0 radical (unpaired) electrons. The molecule has 0 aromatic rings. The summed E-state index contributed by atoms with van der Waals surface area (Å²) in [5, 5.41) is 3.30. The van der Waals surface area contributed by atoms with Crippen LogP contribution in [0.2, 0.25) is 0 Å². The van der Waals surface area contributed by atoms with Gasteiger partial charge in [0, 0.05) is 12.6 Å². The fourth-order valence-corrected chi connectivity index (χ4v) is 1.77. The molecule has 1 saturated heterocycles. The number of ether oxygens (including phenoxy) is 2. The van der Waals surface area contributed by atoms with Crippen LogP contribution in [0.15, 0.2) is 0 Å². The van der Waals surface area contributed by atoms with Crippen LogP contribution in [0.25, 0.3) is 0 Å². The molecule has 2 atom stereocenters. The highest BCUT2D eigenvalue weighted by molar-refractivity contribution is 5.75. The number of carbonyl (C=O) groups excluding carboxylic acids is 1. The highest BCUT2D eigenvalue weighted by Crippen LogP contribution is 2.09. The van der Waals surface area contributed by atoms with Crippen molar-refractivity contribution in [2.75, 3.05) is 20.3 Å². The van der Waals surface area contributed by atoms with E-state index in [2.05, 4.69) is 12.2 Å². The minimum absolute atomic E-state index is 0.157. The lowest BCUT2D eigenvalue weighted by atomic mass is 10.1. The molecule has 1 N–H and O–H groups in total. The lowest BCUT2D eigenvalue weighted by Crippen LogP contribution is -2.44. The summed E-state index contributed by atoms with van der Waals surface area (Å²) in [6.07, 6.45) is 3.97. The van der Waals surface area contributed by atoms with E-state index in [0.717, 1.165) is 32.3 Å². The van der Waals surface area contributed by atoms with E-state index in [9.17, 15) is 4.79 Å². The average molecular weight is 215 g/mol. The highest BCUT2D eigenvalue weighted by atomic mass is 16.5. The van der Waals surface area contributed by atoms with Gasteiger partial charge >= 0.3 is 5.97 Å². The third-order valence-corrected chi connectivity index (χ3v) is 2.70. The normalized spacial score (nSPS) is 22.7. The van der Waals surface area contributed by atoms with Crippen LogP contribution in [0.4, 0.5) is 0 Å². The molecule has 1 fully saturated rings. The maximum Gasteiger partial charge on any atom is 0.322 e. The Kier molecular flexibility index (Phi) is 5.65. The van der Waals surface area contributed by atoms with Gasteiger partial charge in [-0.2, -0.15) is 0 Å². The molecule has 0 bridgehead atoms. The number of rotatable bonds is 6. The Morgan fingerprint density at radius 1 is 1.67 bits per heavy atom. The first-order valence-electron chi connectivity index (χ1n) is 5.69. The summed E-state index contributed by atoms with van der Waals surface area (Å²) >= 11 is 0. The van der Waals surface area contributed by atoms with Gasteiger partial charge in [-0.15, -0.1) is 0 Å². The summed E-state index contributed by atoms with van der Waals surface area (Å²) in [6.45, 7) is 3.62. The van der Waals surface area contributed by atoms with Gasteiger partial charge in [0.2, 0.25) is 0 Å². The van der Waals surface area contributed by atoms with Gasteiger partial charge in [0.15, 0.2) is 0 Å². The number of carbonyl (C=O) groups is 1. The molecule has 2 unspecified atom stereocenters. The summed E-state index contributed by atoms with van der Waals surface area (Å²) < 4.78 is 10.0. The lowest BCUT2D eigenvalue weighted by Gasteiger charge is -2.19. The van der Waals surface area contributed by atoms with Crippen LogP contribution in [0.3, 0.4) is 0 Å². The van der Waals surface area contributed by atoms with Crippen molar-refractivity contribution in [3.63, 3.8) is 0 Å². The maximum atomic E-state index is 11.5. The fourth-order valence-electron chi connectivity index (χ4n) is 1.77. The van der Waals surface area contributed by atoms with E-state index >= 15 is 0 Å². The summed E-state index contributed by atoms with van der Waals surface area (Å²) in [5.41, 5.74) is 0. The smallest absolute Gasteiger partial charge is 0.322 e. The van der Waals surface area contributed by atoms with E-state index in [0.29, 0.717) is 12.6 Å². The number of unbranched alkanes of at least 4 members (excludes halogenated alkanes) is 1. The first-order valence-corrected chi connectivity index (χ1v) is 5.69. The Morgan fingerprint density at radius 2 is 2.47 bits per heavy atom. The SMILES string of the molecule is CCCCC(NC1CCOC1)C(=O)OC. The molecule has 0 spiro atoms. The first kappa shape index (κ1) is 12.5. The van der Waals surface area contributed by atoms with Crippen molar-refractivity contribution in [1.82, 2.24) is 5.32 Å². The van der Waals surface area contributed by atoms with Gasteiger partial charge in [0.05, 0.1) is 13.7 Å². The van der Waals surface area contributed by atoms with E-state index in [-0.39, 0.29) is 12.0 Å². The molecule has 0 aromatic carbocycles. The number of esters is 1. The number of hydrogen-bond acceptors (Lipinski definition) is 4. The van der Waals surface area contributed by atoms with E-state index in [4.69, 9.17) is 9.47 Å². The van der Waals surface area contributed by atoms with Crippen molar-refractivity contribution in [1.29, 1.82) is 0 Å². The highest BCUT2D eigenvalue weighted by Gasteiger charge is 2.24. The van der Waals surface area contributed by atoms with Crippen LogP contribution in [-0.4, -0.2) is 38.4 Å². The van der Waals surface area contributed by atoms with Crippen LogP contribution in [0, 0.1) is 0 Å². The van der Waals surface area contributed by atoms with E-state index in [1.165, 1.54) is 7.11 Å². The molecule has 0 saturated carbocycles. The minimum atomic E-state index is -0.165. The topological polar surface area (TPSA) is 47.6 Å². The Balaban J connectivity index is 2.36. The molecule has 1 rings (SSSR count). The molecule has 4 heteroatoms. The van der Waals surface area contributed by atoms with E-state index in [1.54, 1.807) is 0 Å². The molecule has 0 aromatic heterocycles. The molecule has 88 valence electrons. The second-order valence-electron chi connectivity index (χ2n) is 3.95. The van der Waals surface area contributed by atoms with Crippen molar-refractivity contribution in [2.45, 2.75) is 44.7 Å². The predicted molar refractivity (Wildman–Crippen MR) is 57.7 cm³/mol. The van der Waals surface area contributed by atoms with Gasteiger partial charge in [-0.05, 0) is 12.8 Å². The lowest BCUT2D eigenvalue weighted by molar-refractivity contribution is -0.143. The molecule has 1 aliphatic heterocycles. The molecule has 15 heavy (non-hydrogen) atoms. The Labute approximate surface area is 91.3 Å². The van der Waals surface area contributed by atoms with Crippen LogP contribution < -0.4 is 5.32 Å². The van der Waals surface area contributed by atoms with Crippen LogP contribution in [0.5, 0.6) is 0 Å². The number of methoxy groups -OCH3 is 1. The molecular formula is C11H21NO3. The second kappa shape index (κ2) is 6.80. The van der Waals surface area contributed by atoms with E-state index in [1.807, 2.05) is 0 Å². The Hall–Kier alpha value is -0.610. The average Bonchev–Trinajstić information content (AvgIpc) is 2.75. The third kappa shape index (κ3) is 4.18. The van der Waals surface area contributed by atoms with Gasteiger partial charge in [0.25, 0.3) is 0 Å². The Morgan fingerprint density at radius 3 is 3.00 bits per heavy atom. The van der Waals surface area contributed by atoms with Gasteiger partial charge in [-0.25, -0.2) is 0 Å². The predicted octanol–water partition coefficient (Wildman–Crippen LogP) is 1.10. The zero-order valence-electron chi connectivity index (χ0n) is 9.62. The molecule has 4 nitrogen and oxygen atoms in total. The summed E-state index contributed by atoms with van der Waals surface area (Å²) in [4.78, 5) is 11.5. The van der Waals surface area contributed by atoms with Crippen LogP contribution in [-0.2, 0) is 14.3 Å². The molecular weight excluding hydrogens is 194 g/mol. The zero-order chi connectivity index (χ0) is 11.1. The Bertz CT molecular complexity index is 190. The summed E-state index contributed by atoms with van der Waals surface area (Å²) in [5.74, 6) is -0.157. The quantitative estimate of drug-likeness (QED) is 0.674. The largest absolute Gasteiger partial charge is 0.468 e. The molecule has 1 heterocycles. The summed E-state index contributed by atoms with van der Waals surface area (Å²) in [7, 11) is 1.44. The van der Waals surface area contributed by atoms with Crippen molar-refractivity contribution in [3.8, 4) is 0 Å². The maximum absolute atomic E-state index is 11.5. The van der Waals surface area contributed by atoms with Crippen molar-refractivity contribution in [3.05, 3.63) is 0 Å². The summed E-state index contributed by atoms with van der Waals surface area (Å²) in [6, 6.07) is 0.146. The van der Waals surface area contributed by atoms with Gasteiger partial charge in [-0.1, -0.05) is 19.8 Å². The van der Waals surface area contributed by atoms with E-state index < -0.39 is 0 Å². The van der Waals surface area contributed by atoms with Gasteiger partial charge in [-0.3, -0.25) is 10.1 Å². The second-order valence-corrected chi connectivity index (χ2v) is 3.95. The van der Waals surface area contributed by atoms with Gasteiger partial charge < -0.3 is 9.47 Å². The van der Waals surface area contributed by atoms with Gasteiger partial charge in [0.1, 0.15) is 6.04 Å². The number of nitrogens with one attached hydrogen (secondary N) is 1. The monoisotopic (exact) mass is 215 g/mol. The molecule has 0 amide bonds. The third-order valence-electron chi connectivity index (χ3n) is 2.70. The van der Waals surface area contributed by atoms with Crippen LogP contribution >= 0.6 is 0 Å². The minimum Gasteiger partial charge on any atom is -0.468 e. The number of hydrogen-bond donors (Lipinski definition) is 1. The zero-order valence-corrected chi connectivity index (χ0v) is 9.62. The van der Waals surface area contributed by atoms with Crippen molar-refractivity contribution >= 4 is 5.97 Å². The van der Waals surface area contributed by atoms with Crippen molar-refractivity contribution in [2.24, 2.45) is 0 Å². The molecule has 1 aliphatic rings.